The second-order valence-electron chi connectivity index (χ2n) is 10.00. The average Bonchev–Trinajstić information content (AvgIpc) is 2.97. The summed E-state index contributed by atoms with van der Waals surface area (Å²) in [5, 5.41) is 0. The van der Waals surface area contributed by atoms with Gasteiger partial charge in [0.2, 0.25) is 0 Å². The highest BCUT2D eigenvalue weighted by atomic mass is 16.7. The first kappa shape index (κ1) is 22.2. The van der Waals surface area contributed by atoms with Crippen LogP contribution in [0.5, 0.6) is 0 Å². The zero-order chi connectivity index (χ0) is 19.4. The summed E-state index contributed by atoms with van der Waals surface area (Å²) in [5.74, 6) is 1.32. The van der Waals surface area contributed by atoms with Gasteiger partial charge in [0, 0.05) is 25.4 Å². The monoisotopic (exact) mass is 367 g/mol. The van der Waals surface area contributed by atoms with E-state index >= 15 is 0 Å². The van der Waals surface area contributed by atoms with E-state index in [1.54, 1.807) is 0 Å². The van der Waals surface area contributed by atoms with E-state index in [4.69, 9.17) is 9.47 Å². The zero-order valence-electron chi connectivity index (χ0n) is 18.6. The first-order valence-corrected chi connectivity index (χ1v) is 11.3. The molecule has 0 bridgehead atoms. The van der Waals surface area contributed by atoms with Crippen LogP contribution >= 0.6 is 0 Å². The predicted molar refractivity (Wildman–Crippen MR) is 110 cm³/mol. The molecule has 2 atom stereocenters. The van der Waals surface area contributed by atoms with Crippen LogP contribution in [0.1, 0.15) is 93.4 Å². The van der Waals surface area contributed by atoms with Crippen LogP contribution in [0, 0.1) is 17.3 Å². The molecule has 154 valence electrons. The lowest BCUT2D eigenvalue weighted by Crippen LogP contribution is -2.40. The Balaban J connectivity index is 1.80. The molecule has 0 radical (unpaired) electrons. The van der Waals surface area contributed by atoms with Crippen molar-refractivity contribution in [2.45, 2.75) is 111 Å². The number of nitrogens with zero attached hydrogens (tertiary/aromatic N) is 1. The van der Waals surface area contributed by atoms with Crippen molar-refractivity contribution in [3.8, 4) is 0 Å². The van der Waals surface area contributed by atoms with Crippen LogP contribution < -0.4 is 0 Å². The SMILES string of the molecule is CCC(C)N(CC)CCC1COC2(CCC(C(C)(C)CC(C)C)CC2)O1. The highest BCUT2D eigenvalue weighted by Crippen LogP contribution is 2.48. The van der Waals surface area contributed by atoms with Crippen LogP contribution in [-0.4, -0.2) is 42.5 Å². The van der Waals surface area contributed by atoms with Crippen molar-refractivity contribution in [2.24, 2.45) is 17.3 Å². The van der Waals surface area contributed by atoms with Crippen molar-refractivity contribution < 1.29 is 9.47 Å². The molecule has 0 amide bonds. The molecule has 2 rings (SSSR count). The number of hydrogen-bond donors (Lipinski definition) is 0. The number of ether oxygens (including phenoxy) is 2. The molecule has 1 aliphatic heterocycles. The van der Waals surface area contributed by atoms with E-state index in [1.165, 1.54) is 25.7 Å². The maximum absolute atomic E-state index is 6.49. The Labute approximate surface area is 163 Å². The fourth-order valence-electron chi connectivity index (χ4n) is 5.34. The number of rotatable bonds is 9. The largest absolute Gasteiger partial charge is 0.347 e. The average molecular weight is 368 g/mol. The van der Waals surface area contributed by atoms with Gasteiger partial charge in [-0.2, -0.15) is 0 Å². The molecule has 3 nitrogen and oxygen atoms in total. The van der Waals surface area contributed by atoms with E-state index in [-0.39, 0.29) is 11.9 Å². The van der Waals surface area contributed by atoms with Crippen molar-refractivity contribution >= 4 is 0 Å². The third-order valence-electron chi connectivity index (χ3n) is 7.06. The molecule has 2 fully saturated rings. The highest BCUT2D eigenvalue weighted by molar-refractivity contribution is 4.90. The Morgan fingerprint density at radius 1 is 1.12 bits per heavy atom. The summed E-state index contributed by atoms with van der Waals surface area (Å²) in [5.41, 5.74) is 0.436. The van der Waals surface area contributed by atoms with E-state index in [9.17, 15) is 0 Å². The molecule has 1 saturated heterocycles. The molecule has 0 N–H and O–H groups in total. The fraction of sp³-hybridized carbons (Fsp3) is 1.00. The minimum atomic E-state index is -0.261. The van der Waals surface area contributed by atoms with Crippen LogP contribution in [0.2, 0.25) is 0 Å². The molecule has 1 spiro atoms. The molecule has 0 aromatic rings. The van der Waals surface area contributed by atoms with Gasteiger partial charge in [-0.15, -0.1) is 0 Å². The Bertz CT molecular complexity index is 412. The van der Waals surface area contributed by atoms with Crippen molar-refractivity contribution in [2.75, 3.05) is 19.7 Å². The first-order valence-electron chi connectivity index (χ1n) is 11.3. The molecule has 0 aromatic heterocycles. The van der Waals surface area contributed by atoms with Gasteiger partial charge >= 0.3 is 0 Å². The maximum Gasteiger partial charge on any atom is 0.168 e. The van der Waals surface area contributed by atoms with Gasteiger partial charge in [-0.05, 0) is 62.8 Å². The van der Waals surface area contributed by atoms with E-state index in [0.717, 1.165) is 50.8 Å². The highest BCUT2D eigenvalue weighted by Gasteiger charge is 2.46. The molecule has 1 heterocycles. The van der Waals surface area contributed by atoms with Crippen LogP contribution in [0.15, 0.2) is 0 Å². The molecular formula is C23H45NO2. The predicted octanol–water partition coefficient (Wildman–Crippen LogP) is 5.87. The molecule has 2 unspecified atom stereocenters. The summed E-state index contributed by atoms with van der Waals surface area (Å²) in [6.07, 6.45) is 8.58. The van der Waals surface area contributed by atoms with Crippen molar-refractivity contribution in [1.29, 1.82) is 0 Å². The number of hydrogen-bond acceptors (Lipinski definition) is 3. The second kappa shape index (κ2) is 9.39. The Morgan fingerprint density at radius 2 is 1.77 bits per heavy atom. The van der Waals surface area contributed by atoms with E-state index in [0.29, 0.717) is 11.5 Å². The lowest BCUT2D eigenvalue weighted by molar-refractivity contribution is -0.198. The quantitative estimate of drug-likeness (QED) is 0.508. The minimum absolute atomic E-state index is 0.261. The molecule has 3 heteroatoms. The van der Waals surface area contributed by atoms with Gasteiger partial charge in [0.1, 0.15) is 0 Å². The normalized spacial score (nSPS) is 31.3. The topological polar surface area (TPSA) is 21.7 Å². The molecule has 2 aliphatic rings. The van der Waals surface area contributed by atoms with Crippen LogP contribution in [0.4, 0.5) is 0 Å². The van der Waals surface area contributed by atoms with Crippen molar-refractivity contribution in [3.63, 3.8) is 0 Å². The fourth-order valence-corrected chi connectivity index (χ4v) is 5.34. The molecule has 0 aromatic carbocycles. The smallest absolute Gasteiger partial charge is 0.168 e. The Hall–Kier alpha value is -0.120. The van der Waals surface area contributed by atoms with Crippen LogP contribution in [-0.2, 0) is 9.47 Å². The summed E-state index contributed by atoms with van der Waals surface area (Å²) in [6, 6.07) is 0.662. The standard InChI is InChI=1S/C23H45NO2/c1-8-19(5)24(9-2)15-12-21-17-25-23(26-21)13-10-20(11-14-23)22(6,7)16-18(3)4/h18-21H,8-17H2,1-7H3. The minimum Gasteiger partial charge on any atom is -0.347 e. The van der Waals surface area contributed by atoms with Gasteiger partial charge < -0.3 is 14.4 Å². The van der Waals surface area contributed by atoms with Gasteiger partial charge in [-0.25, -0.2) is 0 Å². The van der Waals surface area contributed by atoms with Gasteiger partial charge in [-0.1, -0.05) is 41.5 Å². The van der Waals surface area contributed by atoms with E-state index in [1.807, 2.05) is 0 Å². The van der Waals surface area contributed by atoms with Gasteiger partial charge in [-0.3, -0.25) is 0 Å². The third kappa shape index (κ3) is 5.69. The van der Waals surface area contributed by atoms with Gasteiger partial charge in [0.15, 0.2) is 5.79 Å². The second-order valence-corrected chi connectivity index (χ2v) is 10.00. The summed E-state index contributed by atoms with van der Waals surface area (Å²) < 4.78 is 12.7. The Morgan fingerprint density at radius 3 is 2.31 bits per heavy atom. The summed E-state index contributed by atoms with van der Waals surface area (Å²) in [6.45, 7) is 19.5. The van der Waals surface area contributed by atoms with Gasteiger partial charge in [0.05, 0.1) is 12.7 Å². The zero-order valence-corrected chi connectivity index (χ0v) is 18.6. The maximum atomic E-state index is 6.49. The summed E-state index contributed by atoms with van der Waals surface area (Å²) in [7, 11) is 0. The molecule has 1 aliphatic carbocycles. The van der Waals surface area contributed by atoms with Crippen molar-refractivity contribution in [1.82, 2.24) is 4.90 Å². The van der Waals surface area contributed by atoms with Gasteiger partial charge in [0.25, 0.3) is 0 Å². The molecule has 26 heavy (non-hydrogen) atoms. The van der Waals surface area contributed by atoms with Crippen LogP contribution in [0.25, 0.3) is 0 Å². The molecule has 1 saturated carbocycles. The van der Waals surface area contributed by atoms with Crippen molar-refractivity contribution in [3.05, 3.63) is 0 Å². The first-order chi connectivity index (χ1) is 12.2. The van der Waals surface area contributed by atoms with E-state index < -0.39 is 0 Å². The Kier molecular flexibility index (Phi) is 8.00. The summed E-state index contributed by atoms with van der Waals surface area (Å²) in [4.78, 5) is 2.57. The third-order valence-corrected chi connectivity index (χ3v) is 7.06. The molecular weight excluding hydrogens is 322 g/mol. The lowest BCUT2D eigenvalue weighted by atomic mass is 9.66. The summed E-state index contributed by atoms with van der Waals surface area (Å²) >= 11 is 0. The van der Waals surface area contributed by atoms with Crippen LogP contribution in [0.3, 0.4) is 0 Å². The van der Waals surface area contributed by atoms with E-state index in [2.05, 4.69) is 53.4 Å². The lowest BCUT2D eigenvalue weighted by Gasteiger charge is -2.43.